The zero-order valence-corrected chi connectivity index (χ0v) is 7.39. The average molecular weight is 185 g/mol. The van der Waals surface area contributed by atoms with Crippen molar-refractivity contribution in [1.29, 1.82) is 0 Å². The van der Waals surface area contributed by atoms with Crippen LogP contribution in [0.25, 0.3) is 0 Å². The van der Waals surface area contributed by atoms with Gasteiger partial charge in [0.1, 0.15) is 11.6 Å². The minimum absolute atomic E-state index is 0.386. The van der Waals surface area contributed by atoms with Crippen LogP contribution in [0.1, 0.15) is 11.5 Å². The van der Waals surface area contributed by atoms with Crippen molar-refractivity contribution in [2.75, 3.05) is 13.8 Å². The summed E-state index contributed by atoms with van der Waals surface area (Å²) < 4.78 is 29.9. The van der Waals surface area contributed by atoms with E-state index in [9.17, 15) is 8.78 Å². The summed E-state index contributed by atoms with van der Waals surface area (Å²) in [5.74, 6) is -0.585. The van der Waals surface area contributed by atoms with Gasteiger partial charge in [-0.2, -0.15) is 0 Å². The van der Waals surface area contributed by atoms with Crippen LogP contribution in [0.4, 0.5) is 8.78 Å². The van der Waals surface area contributed by atoms with Gasteiger partial charge in [-0.15, -0.1) is 0 Å². The number of methoxy groups -OCH3 is 1. The van der Waals surface area contributed by atoms with Gasteiger partial charge in [-0.1, -0.05) is 0 Å². The Bertz CT molecular complexity index is 286. The fourth-order valence-electron chi connectivity index (χ4n) is 1.03. The van der Waals surface area contributed by atoms with Crippen LogP contribution in [0.2, 0.25) is 0 Å². The van der Waals surface area contributed by atoms with E-state index >= 15 is 0 Å². The molecule has 0 spiro atoms. The van der Waals surface area contributed by atoms with Crippen LogP contribution in [-0.4, -0.2) is 13.8 Å². The molecule has 13 heavy (non-hydrogen) atoms. The molecule has 1 nitrogen and oxygen atoms in total. The number of rotatable bonds is 3. The lowest BCUT2D eigenvalue weighted by Crippen LogP contribution is -1.97. The van der Waals surface area contributed by atoms with E-state index in [1.165, 1.54) is 19.2 Å². The van der Waals surface area contributed by atoms with Crippen LogP contribution in [-0.2, 0) is 0 Å². The van der Waals surface area contributed by atoms with E-state index in [1.54, 1.807) is 6.07 Å². The van der Waals surface area contributed by atoms with Gasteiger partial charge >= 0.3 is 0 Å². The van der Waals surface area contributed by atoms with Crippen LogP contribution < -0.4 is 4.74 Å². The van der Waals surface area contributed by atoms with Crippen molar-refractivity contribution in [2.45, 2.75) is 5.92 Å². The summed E-state index contributed by atoms with van der Waals surface area (Å²) in [5, 5.41) is 0. The van der Waals surface area contributed by atoms with Crippen LogP contribution in [0.5, 0.6) is 5.75 Å². The summed E-state index contributed by atoms with van der Waals surface area (Å²) in [6, 6.07) is 4.09. The standard InChI is InChI=1S/C10H11F2O/c1-7(6-11)8-3-9(12)5-10(4-8)13-2/h3-5,7H,1,6H2,2H3. The first-order chi connectivity index (χ1) is 6.17. The highest BCUT2D eigenvalue weighted by molar-refractivity contribution is 5.32. The summed E-state index contributed by atoms with van der Waals surface area (Å²) >= 11 is 0. The van der Waals surface area contributed by atoms with Crippen LogP contribution in [0.3, 0.4) is 0 Å². The second-order valence-corrected chi connectivity index (χ2v) is 2.78. The third-order valence-electron chi connectivity index (χ3n) is 1.79. The van der Waals surface area contributed by atoms with Crippen molar-refractivity contribution >= 4 is 0 Å². The lowest BCUT2D eigenvalue weighted by Gasteiger charge is -2.08. The number of benzene rings is 1. The van der Waals surface area contributed by atoms with Gasteiger partial charge in [0.25, 0.3) is 0 Å². The molecule has 0 aliphatic carbocycles. The van der Waals surface area contributed by atoms with Crippen molar-refractivity contribution < 1.29 is 13.5 Å². The van der Waals surface area contributed by atoms with Crippen LogP contribution >= 0.6 is 0 Å². The first-order valence-electron chi connectivity index (χ1n) is 3.91. The molecule has 0 amide bonds. The van der Waals surface area contributed by atoms with E-state index in [1.807, 2.05) is 0 Å². The third kappa shape index (κ3) is 2.41. The Labute approximate surface area is 76.3 Å². The summed E-state index contributed by atoms with van der Waals surface area (Å²) in [5.41, 5.74) is 0.513. The molecule has 71 valence electrons. The van der Waals surface area contributed by atoms with Crippen LogP contribution in [0, 0.1) is 12.7 Å². The highest BCUT2D eigenvalue weighted by Gasteiger charge is 2.08. The largest absolute Gasteiger partial charge is 0.497 e. The predicted octanol–water partition coefficient (Wildman–Crippen LogP) is 2.72. The van der Waals surface area contributed by atoms with Gasteiger partial charge in [0.05, 0.1) is 13.8 Å². The lowest BCUT2D eigenvalue weighted by atomic mass is 10.0. The van der Waals surface area contributed by atoms with E-state index in [4.69, 9.17) is 4.74 Å². The van der Waals surface area contributed by atoms with E-state index in [-0.39, 0.29) is 0 Å². The minimum Gasteiger partial charge on any atom is -0.497 e. The molecule has 1 unspecified atom stereocenters. The minimum atomic E-state index is -0.605. The highest BCUT2D eigenvalue weighted by atomic mass is 19.1. The molecular formula is C10H11F2O. The number of hydrogen-bond acceptors (Lipinski definition) is 1. The molecule has 1 rings (SSSR count). The van der Waals surface area contributed by atoms with Gasteiger partial charge in [0, 0.05) is 12.0 Å². The van der Waals surface area contributed by atoms with Crippen LogP contribution in [0.15, 0.2) is 18.2 Å². The highest BCUT2D eigenvalue weighted by Crippen LogP contribution is 2.22. The maximum absolute atomic E-state index is 12.9. The SMILES string of the molecule is [CH2]C(CF)c1cc(F)cc(OC)c1. The molecule has 1 aromatic carbocycles. The molecule has 0 heterocycles. The Morgan fingerprint density at radius 1 is 1.46 bits per heavy atom. The number of alkyl halides is 1. The van der Waals surface area contributed by atoms with Gasteiger partial charge in [0.2, 0.25) is 0 Å². The third-order valence-corrected chi connectivity index (χ3v) is 1.79. The normalized spacial score (nSPS) is 12.6. The Morgan fingerprint density at radius 2 is 2.15 bits per heavy atom. The molecule has 0 N–H and O–H groups in total. The molecule has 0 saturated heterocycles. The van der Waals surface area contributed by atoms with E-state index in [0.29, 0.717) is 11.3 Å². The smallest absolute Gasteiger partial charge is 0.127 e. The van der Waals surface area contributed by atoms with Crippen molar-refractivity contribution in [1.82, 2.24) is 0 Å². The molecule has 0 fully saturated rings. The molecule has 0 bridgehead atoms. The zero-order valence-electron chi connectivity index (χ0n) is 7.39. The monoisotopic (exact) mass is 185 g/mol. The van der Waals surface area contributed by atoms with Gasteiger partial charge < -0.3 is 4.74 Å². The first-order valence-corrected chi connectivity index (χ1v) is 3.91. The fourth-order valence-corrected chi connectivity index (χ4v) is 1.03. The van der Waals surface area contributed by atoms with Gasteiger partial charge in [-0.05, 0) is 24.6 Å². The van der Waals surface area contributed by atoms with Gasteiger partial charge in [-0.3, -0.25) is 4.39 Å². The maximum atomic E-state index is 12.9. The van der Waals surface area contributed by atoms with Crippen molar-refractivity contribution in [2.24, 2.45) is 0 Å². The number of halogens is 2. The molecule has 1 atom stereocenters. The molecular weight excluding hydrogens is 174 g/mol. The van der Waals surface area contributed by atoms with Crippen molar-refractivity contribution in [3.8, 4) is 5.75 Å². The molecule has 0 aromatic heterocycles. The maximum Gasteiger partial charge on any atom is 0.127 e. The molecule has 3 heteroatoms. The summed E-state index contributed by atoms with van der Waals surface area (Å²) in [7, 11) is 1.44. The fraction of sp³-hybridized carbons (Fsp3) is 0.300. The van der Waals surface area contributed by atoms with Gasteiger partial charge in [0.15, 0.2) is 0 Å². The second kappa shape index (κ2) is 4.21. The Hall–Kier alpha value is -1.12. The molecule has 0 aliphatic rings. The number of hydrogen-bond donors (Lipinski definition) is 0. The second-order valence-electron chi connectivity index (χ2n) is 2.78. The van der Waals surface area contributed by atoms with Gasteiger partial charge in [-0.25, -0.2) is 4.39 Å². The van der Waals surface area contributed by atoms with Crippen molar-refractivity contribution in [3.63, 3.8) is 0 Å². The topological polar surface area (TPSA) is 9.23 Å². The van der Waals surface area contributed by atoms with Crippen molar-refractivity contribution in [3.05, 3.63) is 36.5 Å². The Kier molecular flexibility index (Phi) is 3.23. The molecule has 1 radical (unpaired) electrons. The lowest BCUT2D eigenvalue weighted by molar-refractivity contribution is 0.408. The predicted molar refractivity (Wildman–Crippen MR) is 47.0 cm³/mol. The molecule has 1 aromatic rings. The summed E-state index contributed by atoms with van der Waals surface area (Å²) in [4.78, 5) is 0. The molecule has 0 saturated carbocycles. The Morgan fingerprint density at radius 3 is 2.69 bits per heavy atom. The van der Waals surface area contributed by atoms with E-state index in [2.05, 4.69) is 6.92 Å². The van der Waals surface area contributed by atoms with E-state index < -0.39 is 18.4 Å². The summed E-state index contributed by atoms with van der Waals surface area (Å²) in [6.07, 6.45) is 0. The quantitative estimate of drug-likeness (QED) is 0.703. The Balaban J connectivity index is 3.01. The van der Waals surface area contributed by atoms with E-state index in [0.717, 1.165) is 0 Å². The zero-order chi connectivity index (χ0) is 9.84. The summed E-state index contributed by atoms with van der Waals surface area (Å²) in [6.45, 7) is 2.94. The number of ether oxygens (including phenoxy) is 1. The average Bonchev–Trinajstić information content (AvgIpc) is 2.15. The first kappa shape index (κ1) is 9.96. The molecule has 0 aliphatic heterocycles.